The van der Waals surface area contributed by atoms with E-state index in [0.717, 1.165) is 17.3 Å². The van der Waals surface area contributed by atoms with Crippen molar-refractivity contribution in [1.82, 2.24) is 0 Å². The lowest BCUT2D eigenvalue weighted by atomic mass is 10.0. The highest BCUT2D eigenvalue weighted by atomic mass is 79.9. The summed E-state index contributed by atoms with van der Waals surface area (Å²) in [6.45, 7) is 2.11. The van der Waals surface area contributed by atoms with Crippen LogP contribution in [0.5, 0.6) is 0 Å². The van der Waals surface area contributed by atoms with E-state index in [0.29, 0.717) is 12.0 Å². The molecule has 0 fully saturated rings. The lowest BCUT2D eigenvalue weighted by molar-refractivity contribution is -0.142. The average molecular weight is 510 g/mol. The van der Waals surface area contributed by atoms with Gasteiger partial charge in [0.15, 0.2) is 12.4 Å². The van der Waals surface area contributed by atoms with E-state index < -0.39 is 0 Å². The molecule has 32 heavy (non-hydrogen) atoms. The van der Waals surface area contributed by atoms with E-state index in [4.69, 9.17) is 4.74 Å². The van der Waals surface area contributed by atoms with Crippen molar-refractivity contribution >= 4 is 27.7 Å². The van der Waals surface area contributed by atoms with Crippen LogP contribution in [0.1, 0.15) is 133 Å². The lowest BCUT2D eigenvalue weighted by Crippen LogP contribution is -2.13. The molecular formula is C28H45BrO3. The number of Topliss-reactive ketones (excluding diaryl/α,β-unsaturated/α-hetero) is 1. The molecule has 0 amide bonds. The SMILES string of the molecule is CCCCCCCCCCCCCCCCCCCC(=O)OCC(=O)c1ccc(Br)cc1. The van der Waals surface area contributed by atoms with Gasteiger partial charge in [-0.3, -0.25) is 9.59 Å². The summed E-state index contributed by atoms with van der Waals surface area (Å²) in [5.41, 5.74) is 0.568. The first-order chi connectivity index (χ1) is 15.6. The van der Waals surface area contributed by atoms with Crippen molar-refractivity contribution in [2.45, 2.75) is 122 Å². The number of benzene rings is 1. The number of hydrogen-bond donors (Lipinski definition) is 0. The predicted octanol–water partition coefficient (Wildman–Crippen LogP) is 9.22. The summed E-state index contributed by atoms with van der Waals surface area (Å²) in [6.07, 6.45) is 22.9. The molecule has 0 aliphatic carbocycles. The van der Waals surface area contributed by atoms with Crippen LogP contribution < -0.4 is 0 Å². The Balaban J connectivity index is 1.82. The van der Waals surface area contributed by atoms with Gasteiger partial charge in [0.2, 0.25) is 0 Å². The van der Waals surface area contributed by atoms with E-state index in [1.54, 1.807) is 12.1 Å². The Bertz CT molecular complexity index is 597. The third kappa shape index (κ3) is 16.5. The van der Waals surface area contributed by atoms with E-state index in [1.165, 1.54) is 96.3 Å². The molecule has 0 aromatic heterocycles. The fourth-order valence-electron chi connectivity index (χ4n) is 3.93. The normalized spacial score (nSPS) is 10.9. The van der Waals surface area contributed by atoms with E-state index in [1.807, 2.05) is 12.1 Å². The molecule has 1 rings (SSSR count). The van der Waals surface area contributed by atoms with E-state index in [9.17, 15) is 9.59 Å². The van der Waals surface area contributed by atoms with Crippen LogP contribution in [0.3, 0.4) is 0 Å². The van der Waals surface area contributed by atoms with Gasteiger partial charge in [-0.1, -0.05) is 138 Å². The second-order valence-electron chi connectivity index (χ2n) is 9.00. The first-order valence-electron chi connectivity index (χ1n) is 13.1. The second-order valence-corrected chi connectivity index (χ2v) is 9.91. The standard InChI is InChI=1S/C28H45BrO3/c1-2-3-4-5-6-7-8-9-10-11-12-13-14-15-16-17-18-19-28(31)32-24-27(30)25-20-22-26(29)23-21-25/h20-23H,2-19,24H2,1H3. The third-order valence-electron chi connectivity index (χ3n) is 6.01. The minimum Gasteiger partial charge on any atom is -0.457 e. The molecule has 0 aliphatic rings. The summed E-state index contributed by atoms with van der Waals surface area (Å²) in [5, 5.41) is 0. The van der Waals surface area contributed by atoms with E-state index in [-0.39, 0.29) is 18.4 Å². The molecule has 0 atom stereocenters. The van der Waals surface area contributed by atoms with Crippen molar-refractivity contribution in [3.8, 4) is 0 Å². The smallest absolute Gasteiger partial charge is 0.306 e. The summed E-state index contributed by atoms with van der Waals surface area (Å²) in [5.74, 6) is -0.426. The summed E-state index contributed by atoms with van der Waals surface area (Å²) in [6, 6.07) is 7.09. The van der Waals surface area contributed by atoms with Gasteiger partial charge in [0.25, 0.3) is 0 Å². The molecule has 0 heterocycles. The summed E-state index contributed by atoms with van der Waals surface area (Å²) in [4.78, 5) is 23.8. The molecule has 0 radical (unpaired) electrons. The fraction of sp³-hybridized carbons (Fsp3) is 0.714. The molecule has 0 aliphatic heterocycles. The topological polar surface area (TPSA) is 43.4 Å². The number of ketones is 1. The maximum Gasteiger partial charge on any atom is 0.306 e. The van der Waals surface area contributed by atoms with Gasteiger partial charge >= 0.3 is 5.97 Å². The van der Waals surface area contributed by atoms with Gasteiger partial charge in [0.05, 0.1) is 0 Å². The highest BCUT2D eigenvalue weighted by Crippen LogP contribution is 2.15. The number of carbonyl (C=O) groups is 2. The quantitative estimate of drug-likeness (QED) is 0.0942. The highest BCUT2D eigenvalue weighted by molar-refractivity contribution is 9.10. The number of esters is 1. The van der Waals surface area contributed by atoms with Crippen molar-refractivity contribution in [3.05, 3.63) is 34.3 Å². The van der Waals surface area contributed by atoms with Gasteiger partial charge in [0, 0.05) is 16.5 Å². The minimum absolute atomic E-state index is 0.159. The third-order valence-corrected chi connectivity index (χ3v) is 6.54. The largest absolute Gasteiger partial charge is 0.457 e. The van der Waals surface area contributed by atoms with Gasteiger partial charge in [-0.15, -0.1) is 0 Å². The zero-order chi connectivity index (χ0) is 23.3. The Hall–Kier alpha value is -1.16. The van der Waals surface area contributed by atoms with Crippen molar-refractivity contribution in [2.75, 3.05) is 6.61 Å². The molecule has 182 valence electrons. The van der Waals surface area contributed by atoms with Crippen molar-refractivity contribution in [2.24, 2.45) is 0 Å². The molecule has 0 spiro atoms. The maximum absolute atomic E-state index is 12.0. The summed E-state index contributed by atoms with van der Waals surface area (Å²) >= 11 is 3.34. The van der Waals surface area contributed by atoms with E-state index >= 15 is 0 Å². The molecule has 1 aromatic rings. The number of unbranched alkanes of at least 4 members (excludes halogenated alkanes) is 16. The van der Waals surface area contributed by atoms with Gasteiger partial charge in [-0.05, 0) is 18.6 Å². The predicted molar refractivity (Wildman–Crippen MR) is 138 cm³/mol. The zero-order valence-corrected chi connectivity index (χ0v) is 21.9. The zero-order valence-electron chi connectivity index (χ0n) is 20.3. The number of ether oxygens (including phenoxy) is 1. The van der Waals surface area contributed by atoms with Crippen LogP contribution >= 0.6 is 15.9 Å². The van der Waals surface area contributed by atoms with Crippen LogP contribution in [-0.2, 0) is 9.53 Å². The first-order valence-corrected chi connectivity index (χ1v) is 13.9. The van der Waals surface area contributed by atoms with Crippen molar-refractivity contribution in [1.29, 1.82) is 0 Å². The number of halogens is 1. The van der Waals surface area contributed by atoms with Crippen LogP contribution in [-0.4, -0.2) is 18.4 Å². The number of hydrogen-bond acceptors (Lipinski definition) is 3. The van der Waals surface area contributed by atoms with Gasteiger partial charge in [0.1, 0.15) is 0 Å². The van der Waals surface area contributed by atoms with E-state index in [2.05, 4.69) is 22.9 Å². The van der Waals surface area contributed by atoms with Gasteiger partial charge in [-0.2, -0.15) is 0 Å². The van der Waals surface area contributed by atoms with Crippen LogP contribution in [0.25, 0.3) is 0 Å². The summed E-state index contributed by atoms with van der Waals surface area (Å²) in [7, 11) is 0. The lowest BCUT2D eigenvalue weighted by Gasteiger charge is -2.05. The fourth-order valence-corrected chi connectivity index (χ4v) is 4.20. The first kappa shape index (κ1) is 28.9. The molecular weight excluding hydrogens is 464 g/mol. The second kappa shape index (κ2) is 20.4. The Morgan fingerprint density at radius 2 is 1.06 bits per heavy atom. The highest BCUT2D eigenvalue weighted by Gasteiger charge is 2.09. The molecule has 0 saturated heterocycles. The number of rotatable bonds is 21. The Morgan fingerprint density at radius 3 is 1.50 bits per heavy atom. The van der Waals surface area contributed by atoms with Crippen molar-refractivity contribution < 1.29 is 14.3 Å². The van der Waals surface area contributed by atoms with Crippen LogP contribution in [0.4, 0.5) is 0 Å². The maximum atomic E-state index is 12.0. The average Bonchev–Trinajstić information content (AvgIpc) is 2.80. The molecule has 0 N–H and O–H groups in total. The molecule has 3 nitrogen and oxygen atoms in total. The number of carbonyl (C=O) groups excluding carboxylic acids is 2. The minimum atomic E-state index is -0.267. The Kier molecular flexibility index (Phi) is 18.4. The van der Waals surface area contributed by atoms with Gasteiger partial charge in [-0.25, -0.2) is 0 Å². The molecule has 0 bridgehead atoms. The van der Waals surface area contributed by atoms with Gasteiger partial charge < -0.3 is 4.74 Å². The molecule has 0 saturated carbocycles. The molecule has 0 unspecified atom stereocenters. The Morgan fingerprint density at radius 1 is 0.656 bits per heavy atom. The van der Waals surface area contributed by atoms with Crippen molar-refractivity contribution in [3.63, 3.8) is 0 Å². The monoisotopic (exact) mass is 508 g/mol. The molecule has 4 heteroatoms. The van der Waals surface area contributed by atoms with Crippen LogP contribution in [0.2, 0.25) is 0 Å². The van der Waals surface area contributed by atoms with Crippen LogP contribution in [0.15, 0.2) is 28.7 Å². The molecule has 1 aromatic carbocycles. The Labute approximate surface area is 205 Å². The summed E-state index contributed by atoms with van der Waals surface area (Å²) < 4.78 is 6.04. The van der Waals surface area contributed by atoms with Crippen LogP contribution in [0, 0.1) is 0 Å².